The maximum Gasteiger partial charge on any atom is 0.338 e. The lowest BCUT2D eigenvalue weighted by atomic mass is 10.1. The lowest BCUT2D eigenvalue weighted by Crippen LogP contribution is -2.09. The Kier molecular flexibility index (Phi) is 3.58. The molecule has 1 aliphatic rings. The van der Waals surface area contributed by atoms with Crippen molar-refractivity contribution in [1.29, 1.82) is 0 Å². The molecule has 0 N–H and O–H groups in total. The lowest BCUT2D eigenvalue weighted by Gasteiger charge is -2.06. The molecule has 0 aliphatic heterocycles. The zero-order valence-electron chi connectivity index (χ0n) is 11.9. The van der Waals surface area contributed by atoms with Gasteiger partial charge in [-0.05, 0) is 30.4 Å². The fourth-order valence-corrected chi connectivity index (χ4v) is 2.22. The smallest absolute Gasteiger partial charge is 0.338 e. The number of nitro groups is 1. The molecular formula is C14H14N4O4. The van der Waals surface area contributed by atoms with E-state index in [1.165, 1.54) is 35.5 Å². The van der Waals surface area contributed by atoms with Crippen LogP contribution in [0.25, 0.3) is 5.69 Å². The van der Waals surface area contributed by atoms with E-state index in [9.17, 15) is 14.9 Å². The normalized spacial score (nSPS) is 19.7. The van der Waals surface area contributed by atoms with Crippen molar-refractivity contribution in [2.75, 3.05) is 6.61 Å². The predicted molar refractivity (Wildman–Crippen MR) is 75.6 cm³/mol. The summed E-state index contributed by atoms with van der Waals surface area (Å²) in [5.74, 6) is 0.442. The highest BCUT2D eigenvalue weighted by molar-refractivity contribution is 5.90. The molecule has 0 unspecified atom stereocenters. The van der Waals surface area contributed by atoms with Gasteiger partial charge >= 0.3 is 5.97 Å². The molecule has 1 heterocycles. The first kappa shape index (κ1) is 14.2. The minimum atomic E-state index is -0.559. The standard InChI is InChI=1S/C14H14N4O4/c1-9-4-11(9)6-22-14(19)10-2-3-12(13(5-10)18(20)21)17-8-15-7-16-17/h2-3,5,7-9,11H,4,6H2,1H3/t9-,11-/m0/s1. The summed E-state index contributed by atoms with van der Waals surface area (Å²) in [5, 5.41) is 15.1. The van der Waals surface area contributed by atoms with Crippen molar-refractivity contribution >= 4 is 11.7 Å². The van der Waals surface area contributed by atoms with E-state index in [0.717, 1.165) is 6.42 Å². The van der Waals surface area contributed by atoms with Crippen molar-refractivity contribution in [2.45, 2.75) is 13.3 Å². The number of nitro benzene ring substituents is 1. The third-order valence-corrected chi connectivity index (χ3v) is 3.78. The quantitative estimate of drug-likeness (QED) is 0.475. The highest BCUT2D eigenvalue weighted by Crippen LogP contribution is 2.37. The number of hydrogen-bond donors (Lipinski definition) is 0. The first-order valence-corrected chi connectivity index (χ1v) is 6.87. The number of esters is 1. The average Bonchev–Trinajstić information content (AvgIpc) is 2.99. The van der Waals surface area contributed by atoms with Crippen LogP contribution >= 0.6 is 0 Å². The van der Waals surface area contributed by atoms with Crippen molar-refractivity contribution in [3.63, 3.8) is 0 Å². The molecule has 0 radical (unpaired) electrons. The van der Waals surface area contributed by atoms with Gasteiger partial charge in [0.1, 0.15) is 18.3 Å². The third-order valence-electron chi connectivity index (χ3n) is 3.78. The molecule has 0 saturated heterocycles. The maximum atomic E-state index is 12.0. The van der Waals surface area contributed by atoms with Gasteiger partial charge in [-0.25, -0.2) is 14.5 Å². The Morgan fingerprint density at radius 2 is 2.32 bits per heavy atom. The maximum absolute atomic E-state index is 12.0. The number of nitrogens with zero attached hydrogens (tertiary/aromatic N) is 4. The van der Waals surface area contributed by atoms with Gasteiger partial charge in [0.15, 0.2) is 0 Å². The largest absolute Gasteiger partial charge is 0.462 e. The Morgan fingerprint density at radius 3 is 2.91 bits per heavy atom. The first-order valence-electron chi connectivity index (χ1n) is 6.87. The van der Waals surface area contributed by atoms with Crippen LogP contribution in [0.3, 0.4) is 0 Å². The second-order valence-corrected chi connectivity index (χ2v) is 5.37. The van der Waals surface area contributed by atoms with Crippen LogP contribution in [0.1, 0.15) is 23.7 Å². The van der Waals surface area contributed by atoms with Crippen molar-refractivity contribution in [3.8, 4) is 5.69 Å². The summed E-state index contributed by atoms with van der Waals surface area (Å²) in [6.07, 6.45) is 3.69. The van der Waals surface area contributed by atoms with E-state index < -0.39 is 10.9 Å². The predicted octanol–water partition coefficient (Wildman–Crippen LogP) is 1.99. The fraction of sp³-hybridized carbons (Fsp3) is 0.357. The number of carbonyl (C=O) groups is 1. The second kappa shape index (κ2) is 5.55. The molecule has 2 atom stereocenters. The summed E-state index contributed by atoms with van der Waals surface area (Å²) in [4.78, 5) is 26.4. The van der Waals surface area contributed by atoms with Gasteiger partial charge in [-0.3, -0.25) is 10.1 Å². The monoisotopic (exact) mass is 302 g/mol. The zero-order chi connectivity index (χ0) is 15.7. The molecule has 0 amide bonds. The molecule has 8 nitrogen and oxygen atoms in total. The van der Waals surface area contributed by atoms with E-state index in [2.05, 4.69) is 17.0 Å². The van der Waals surface area contributed by atoms with Crippen LogP contribution in [-0.2, 0) is 4.74 Å². The van der Waals surface area contributed by atoms with Crippen molar-refractivity contribution in [2.24, 2.45) is 11.8 Å². The first-order chi connectivity index (χ1) is 10.6. The molecule has 22 heavy (non-hydrogen) atoms. The van der Waals surface area contributed by atoms with E-state index in [0.29, 0.717) is 18.4 Å². The van der Waals surface area contributed by atoms with E-state index >= 15 is 0 Å². The molecule has 3 rings (SSSR count). The van der Waals surface area contributed by atoms with Crippen LogP contribution < -0.4 is 0 Å². The number of hydrogen-bond acceptors (Lipinski definition) is 6. The van der Waals surface area contributed by atoms with E-state index in [4.69, 9.17) is 4.74 Å². The van der Waals surface area contributed by atoms with Crippen molar-refractivity contribution in [1.82, 2.24) is 14.8 Å². The van der Waals surface area contributed by atoms with Gasteiger partial charge in [0.2, 0.25) is 0 Å². The van der Waals surface area contributed by atoms with Crippen LogP contribution in [0.5, 0.6) is 0 Å². The molecule has 1 aliphatic carbocycles. The van der Waals surface area contributed by atoms with Crippen LogP contribution in [0, 0.1) is 22.0 Å². The van der Waals surface area contributed by atoms with Gasteiger partial charge in [0.25, 0.3) is 5.69 Å². The molecule has 1 fully saturated rings. The molecule has 0 bridgehead atoms. The SMILES string of the molecule is C[C@H]1C[C@H]1COC(=O)c1ccc(-n2cncn2)c([N+](=O)[O-])c1. The highest BCUT2D eigenvalue weighted by Gasteiger charge is 2.33. The number of carbonyl (C=O) groups excluding carboxylic acids is 1. The number of benzene rings is 1. The molecule has 0 spiro atoms. The third kappa shape index (κ3) is 2.80. The topological polar surface area (TPSA) is 100 Å². The van der Waals surface area contributed by atoms with E-state index in [1.54, 1.807) is 0 Å². The Bertz CT molecular complexity index is 714. The van der Waals surface area contributed by atoms with E-state index in [-0.39, 0.29) is 16.9 Å². The molecule has 1 aromatic carbocycles. The highest BCUT2D eigenvalue weighted by atomic mass is 16.6. The molecule has 114 valence electrons. The van der Waals surface area contributed by atoms with Gasteiger partial charge in [0, 0.05) is 6.07 Å². The summed E-state index contributed by atoms with van der Waals surface area (Å²) in [6.45, 7) is 2.45. The van der Waals surface area contributed by atoms with Gasteiger partial charge < -0.3 is 4.74 Å². The second-order valence-electron chi connectivity index (χ2n) is 5.37. The number of aromatic nitrogens is 3. The minimum Gasteiger partial charge on any atom is -0.462 e. The lowest BCUT2D eigenvalue weighted by molar-refractivity contribution is -0.384. The van der Waals surface area contributed by atoms with Crippen LogP contribution in [0.4, 0.5) is 5.69 Å². The Morgan fingerprint density at radius 1 is 1.55 bits per heavy atom. The summed E-state index contributed by atoms with van der Waals surface area (Å²) >= 11 is 0. The Hall–Kier alpha value is -2.77. The van der Waals surface area contributed by atoms with Gasteiger partial charge in [-0.15, -0.1) is 0 Å². The van der Waals surface area contributed by atoms with Crippen LogP contribution in [-0.4, -0.2) is 32.3 Å². The number of rotatable bonds is 5. The average molecular weight is 302 g/mol. The summed E-state index contributed by atoms with van der Waals surface area (Å²) in [6, 6.07) is 4.15. The van der Waals surface area contributed by atoms with Crippen LogP contribution in [0.2, 0.25) is 0 Å². The summed E-state index contributed by atoms with van der Waals surface area (Å²) in [7, 11) is 0. The van der Waals surface area contributed by atoms with Gasteiger partial charge in [-0.1, -0.05) is 6.92 Å². The Labute approximate surface area is 125 Å². The minimum absolute atomic E-state index is 0.156. The van der Waals surface area contributed by atoms with E-state index in [1.807, 2.05) is 0 Å². The summed E-state index contributed by atoms with van der Waals surface area (Å²) < 4.78 is 6.47. The molecule has 2 aromatic rings. The van der Waals surface area contributed by atoms with Crippen LogP contribution in [0.15, 0.2) is 30.9 Å². The number of ether oxygens (including phenoxy) is 1. The van der Waals surface area contributed by atoms with Gasteiger partial charge in [-0.2, -0.15) is 5.10 Å². The zero-order valence-corrected chi connectivity index (χ0v) is 11.9. The molecule has 1 saturated carbocycles. The van der Waals surface area contributed by atoms with Crippen molar-refractivity contribution in [3.05, 3.63) is 46.5 Å². The molecule has 8 heteroatoms. The van der Waals surface area contributed by atoms with Crippen molar-refractivity contribution < 1.29 is 14.5 Å². The summed E-state index contributed by atoms with van der Waals surface area (Å²) in [5.41, 5.74) is 0.179. The van der Waals surface area contributed by atoms with Gasteiger partial charge in [0.05, 0.1) is 17.1 Å². The molecular weight excluding hydrogens is 288 g/mol. The fourth-order valence-electron chi connectivity index (χ4n) is 2.22. The Balaban J connectivity index is 1.82. The molecule has 1 aromatic heterocycles.